The van der Waals surface area contributed by atoms with Gasteiger partial charge in [-0.3, -0.25) is 14.2 Å². The number of benzene rings is 2. The smallest absolute Gasteiger partial charge is 0.416 e. The molecule has 3 aromatic rings. The van der Waals surface area contributed by atoms with Crippen molar-refractivity contribution in [3.05, 3.63) is 68.1 Å². The van der Waals surface area contributed by atoms with Crippen molar-refractivity contribution >= 4 is 34.7 Å². The molecular weight excluding hydrogens is 549 g/mol. The van der Waals surface area contributed by atoms with E-state index in [4.69, 9.17) is 9.47 Å². The molecule has 1 N–H and O–H groups in total. The summed E-state index contributed by atoms with van der Waals surface area (Å²) in [6.45, 7) is -0.266. The fourth-order valence-electron chi connectivity index (χ4n) is 6.62. The molecule has 1 amide bonds. The molecule has 1 aromatic heterocycles. The summed E-state index contributed by atoms with van der Waals surface area (Å²) in [5.74, 6) is 2.22. The molecule has 2 aliphatic carbocycles. The number of hydrogen-bond acceptors (Lipinski definition) is 6. The third kappa shape index (κ3) is 4.63. The molecule has 2 bridgehead atoms. The highest BCUT2D eigenvalue weighted by atomic mass is 32.2. The van der Waals surface area contributed by atoms with Crippen molar-refractivity contribution in [1.82, 2.24) is 4.57 Å². The topological polar surface area (TPSA) is 69.6 Å². The first-order valence-corrected chi connectivity index (χ1v) is 14.5. The Balaban J connectivity index is 1.35. The number of thiazole rings is 1. The first-order valence-electron chi connectivity index (χ1n) is 12.8. The molecule has 4 unspecified atom stereocenters. The van der Waals surface area contributed by atoms with Crippen LogP contribution in [0.15, 0.2) is 52.3 Å². The van der Waals surface area contributed by atoms with E-state index in [2.05, 4.69) is 5.32 Å². The number of hydrogen-bond donors (Lipinski definition) is 1. The Morgan fingerprint density at radius 2 is 1.85 bits per heavy atom. The van der Waals surface area contributed by atoms with Crippen LogP contribution in [0.5, 0.6) is 11.5 Å². The Hall–Kier alpha value is -2.92. The van der Waals surface area contributed by atoms with Crippen LogP contribution in [0, 0.1) is 17.8 Å². The molecule has 1 aliphatic heterocycles. The zero-order valence-corrected chi connectivity index (χ0v) is 22.9. The number of ether oxygens (including phenoxy) is 2. The standard InChI is InChI=1S/C28H27F3N2O4S2/c1-36-19-9-8-15(11-20(19)37-2)23-22-14-6-7-16(10-14)24(22)38-26-25(23)39-27(35)33(26)13-21(34)32-18-5-3-4-17(12-18)28(29,30)31/h3-5,8-9,11-12,14,16,22-24H,6-7,10,13H2,1-2H3,(H,32,34)/t14?,16?,22?,23-,24?/m1/s1. The van der Waals surface area contributed by atoms with Gasteiger partial charge < -0.3 is 14.8 Å². The van der Waals surface area contributed by atoms with Crippen molar-refractivity contribution in [3.63, 3.8) is 0 Å². The summed E-state index contributed by atoms with van der Waals surface area (Å²) in [5, 5.41) is 3.66. The molecule has 3 aliphatic rings. The second kappa shape index (κ2) is 9.92. The summed E-state index contributed by atoms with van der Waals surface area (Å²) >= 11 is 2.86. The minimum atomic E-state index is -4.52. The number of amides is 1. The molecule has 11 heteroatoms. The van der Waals surface area contributed by atoms with Crippen molar-refractivity contribution in [1.29, 1.82) is 0 Å². The summed E-state index contributed by atoms with van der Waals surface area (Å²) in [5.41, 5.74) is 0.246. The highest BCUT2D eigenvalue weighted by Gasteiger charge is 2.55. The van der Waals surface area contributed by atoms with Crippen LogP contribution in [0.25, 0.3) is 0 Å². The molecule has 39 heavy (non-hydrogen) atoms. The molecule has 206 valence electrons. The molecule has 2 aromatic carbocycles. The fraction of sp³-hybridized carbons (Fsp3) is 0.429. The molecule has 2 heterocycles. The molecule has 6 rings (SSSR count). The summed E-state index contributed by atoms with van der Waals surface area (Å²) in [6, 6.07) is 10.4. The van der Waals surface area contributed by atoms with E-state index >= 15 is 0 Å². The number of halogens is 3. The number of nitrogens with one attached hydrogen (secondary N) is 1. The summed E-state index contributed by atoms with van der Waals surface area (Å²) in [4.78, 5) is 26.9. The van der Waals surface area contributed by atoms with Gasteiger partial charge in [0.1, 0.15) is 6.54 Å². The maximum atomic E-state index is 13.3. The van der Waals surface area contributed by atoms with Gasteiger partial charge in [-0.25, -0.2) is 0 Å². The van der Waals surface area contributed by atoms with E-state index in [0.717, 1.165) is 45.4 Å². The number of aromatic nitrogens is 1. The molecule has 5 atom stereocenters. The van der Waals surface area contributed by atoms with Gasteiger partial charge in [0.15, 0.2) is 11.5 Å². The summed E-state index contributed by atoms with van der Waals surface area (Å²) in [6.07, 6.45) is -1.00. The zero-order chi connectivity index (χ0) is 27.5. The normalized spacial score (nSPS) is 25.2. The number of fused-ring (bicyclic) bond motifs is 6. The largest absolute Gasteiger partial charge is 0.493 e. The fourth-order valence-corrected chi connectivity index (χ4v) is 9.77. The van der Waals surface area contributed by atoms with E-state index in [0.29, 0.717) is 34.5 Å². The number of nitrogens with zero attached hydrogens (tertiary/aromatic N) is 1. The van der Waals surface area contributed by atoms with Gasteiger partial charge in [0.05, 0.1) is 24.8 Å². The highest BCUT2D eigenvalue weighted by Crippen LogP contribution is 2.64. The molecular formula is C28H27F3N2O4S2. The third-order valence-corrected chi connectivity index (χ3v) is 11.1. The van der Waals surface area contributed by atoms with Gasteiger partial charge in [-0.15, -0.1) is 11.8 Å². The Morgan fingerprint density at radius 3 is 2.59 bits per heavy atom. The van der Waals surface area contributed by atoms with E-state index in [1.54, 1.807) is 26.0 Å². The van der Waals surface area contributed by atoms with Crippen molar-refractivity contribution in [2.75, 3.05) is 19.5 Å². The van der Waals surface area contributed by atoms with Gasteiger partial charge in [0.2, 0.25) is 5.91 Å². The molecule has 0 spiro atoms. The number of anilines is 1. The van der Waals surface area contributed by atoms with Gasteiger partial charge in [-0.05, 0) is 72.9 Å². The average molecular weight is 577 g/mol. The second-order valence-electron chi connectivity index (χ2n) is 10.3. The number of methoxy groups -OCH3 is 2. The average Bonchev–Trinajstić information content (AvgIpc) is 3.61. The number of carbonyl (C=O) groups excluding carboxylic acids is 1. The molecule has 0 radical (unpaired) electrons. The Kier molecular flexibility index (Phi) is 6.69. The van der Waals surface area contributed by atoms with E-state index in [1.807, 2.05) is 18.2 Å². The van der Waals surface area contributed by atoms with Crippen molar-refractivity contribution in [3.8, 4) is 11.5 Å². The Labute approximate surface area is 231 Å². The first-order chi connectivity index (χ1) is 18.7. The quantitative estimate of drug-likeness (QED) is 0.377. The lowest BCUT2D eigenvalue weighted by Crippen LogP contribution is -2.34. The lowest BCUT2D eigenvalue weighted by Gasteiger charge is -2.40. The molecule has 0 saturated heterocycles. The number of rotatable bonds is 6. The summed E-state index contributed by atoms with van der Waals surface area (Å²) < 4.78 is 51.9. The minimum absolute atomic E-state index is 0.00756. The first kappa shape index (κ1) is 26.3. The third-order valence-electron chi connectivity index (χ3n) is 8.23. The lowest BCUT2D eigenvalue weighted by atomic mass is 9.75. The van der Waals surface area contributed by atoms with Crippen LogP contribution >= 0.6 is 23.1 Å². The molecule has 2 fully saturated rings. The van der Waals surface area contributed by atoms with Crippen LogP contribution in [0.2, 0.25) is 0 Å². The number of thioether (sulfide) groups is 1. The summed E-state index contributed by atoms with van der Waals surface area (Å²) in [7, 11) is 3.19. The van der Waals surface area contributed by atoms with Crippen molar-refractivity contribution < 1.29 is 27.4 Å². The lowest BCUT2D eigenvalue weighted by molar-refractivity contribution is -0.137. The van der Waals surface area contributed by atoms with Gasteiger partial charge >= 0.3 is 11.0 Å². The predicted molar refractivity (Wildman–Crippen MR) is 144 cm³/mol. The van der Waals surface area contributed by atoms with Crippen LogP contribution in [0.4, 0.5) is 18.9 Å². The molecule has 6 nitrogen and oxygen atoms in total. The number of alkyl halides is 3. The van der Waals surface area contributed by atoms with Crippen LogP contribution in [0.1, 0.15) is 41.2 Å². The van der Waals surface area contributed by atoms with E-state index in [9.17, 15) is 22.8 Å². The van der Waals surface area contributed by atoms with Crippen LogP contribution in [0.3, 0.4) is 0 Å². The van der Waals surface area contributed by atoms with Gasteiger partial charge in [0.25, 0.3) is 0 Å². The van der Waals surface area contributed by atoms with Crippen molar-refractivity contribution in [2.45, 2.75) is 48.2 Å². The van der Waals surface area contributed by atoms with E-state index in [1.165, 1.54) is 29.5 Å². The van der Waals surface area contributed by atoms with E-state index in [-0.39, 0.29) is 23.0 Å². The minimum Gasteiger partial charge on any atom is -0.493 e. The highest BCUT2D eigenvalue weighted by molar-refractivity contribution is 8.00. The van der Waals surface area contributed by atoms with Gasteiger partial charge in [-0.1, -0.05) is 23.5 Å². The SMILES string of the molecule is COc1ccc([C@H]2c3sc(=O)n(CC(=O)Nc4cccc(C(F)(F)F)c4)c3SC3C4CCC(C4)C32)cc1OC. The molecule has 2 saturated carbocycles. The van der Waals surface area contributed by atoms with Crippen LogP contribution < -0.4 is 19.7 Å². The van der Waals surface area contributed by atoms with Gasteiger partial charge in [0, 0.05) is 21.7 Å². The Morgan fingerprint density at radius 1 is 1.08 bits per heavy atom. The van der Waals surface area contributed by atoms with Crippen molar-refractivity contribution in [2.24, 2.45) is 17.8 Å². The number of carbonyl (C=O) groups is 1. The van der Waals surface area contributed by atoms with Gasteiger partial charge in [-0.2, -0.15) is 13.2 Å². The zero-order valence-electron chi connectivity index (χ0n) is 21.3. The van der Waals surface area contributed by atoms with E-state index < -0.39 is 17.6 Å². The maximum absolute atomic E-state index is 13.3. The van der Waals surface area contributed by atoms with Crippen LogP contribution in [-0.4, -0.2) is 29.9 Å². The Bertz CT molecular complexity index is 1480. The second-order valence-corrected chi connectivity index (χ2v) is 12.5. The maximum Gasteiger partial charge on any atom is 0.416 e. The monoisotopic (exact) mass is 576 g/mol. The predicted octanol–water partition coefficient (Wildman–Crippen LogP) is 6.24. The van der Waals surface area contributed by atoms with Crippen LogP contribution in [-0.2, 0) is 17.5 Å².